The Labute approximate surface area is 192 Å². The summed E-state index contributed by atoms with van der Waals surface area (Å²) in [7, 11) is -3.82. The summed E-state index contributed by atoms with van der Waals surface area (Å²) < 4.78 is 53.0. The summed E-state index contributed by atoms with van der Waals surface area (Å²) in [4.78, 5) is 0.0695. The molecule has 5 nitrogen and oxygen atoms in total. The maximum atomic E-state index is 13.3. The van der Waals surface area contributed by atoms with Gasteiger partial charge in [-0.15, -0.1) is 0 Å². The molecule has 170 valence electrons. The van der Waals surface area contributed by atoms with E-state index in [9.17, 15) is 12.8 Å². The van der Waals surface area contributed by atoms with Gasteiger partial charge in [0.2, 0.25) is 10.0 Å². The van der Waals surface area contributed by atoms with Crippen LogP contribution in [0.15, 0.2) is 70.3 Å². The van der Waals surface area contributed by atoms with Crippen LogP contribution in [0.5, 0.6) is 5.75 Å². The Balaban J connectivity index is 1.49. The molecule has 4 rings (SSSR count). The lowest BCUT2D eigenvalue weighted by Crippen LogP contribution is -2.37. The van der Waals surface area contributed by atoms with E-state index in [4.69, 9.17) is 9.47 Å². The van der Waals surface area contributed by atoms with Crippen molar-refractivity contribution in [3.05, 3.63) is 82.3 Å². The summed E-state index contributed by atoms with van der Waals surface area (Å²) in [6.45, 7) is 1.63. The number of nitrogens with zero attached hydrogens (tertiary/aromatic N) is 1. The Morgan fingerprint density at radius 2 is 1.97 bits per heavy atom. The Morgan fingerprint density at radius 1 is 1.12 bits per heavy atom. The summed E-state index contributed by atoms with van der Waals surface area (Å²) in [6.07, 6.45) is 2.41. The van der Waals surface area contributed by atoms with E-state index in [0.717, 1.165) is 24.8 Å². The van der Waals surface area contributed by atoms with E-state index in [-0.39, 0.29) is 24.1 Å². The van der Waals surface area contributed by atoms with E-state index < -0.39 is 15.8 Å². The first-order valence-corrected chi connectivity index (χ1v) is 13.0. The molecule has 0 saturated carbocycles. The lowest BCUT2D eigenvalue weighted by Gasteiger charge is -2.25. The topological polar surface area (TPSA) is 55.8 Å². The molecule has 32 heavy (non-hydrogen) atoms. The molecule has 0 radical (unpaired) electrons. The van der Waals surface area contributed by atoms with Gasteiger partial charge < -0.3 is 9.47 Å². The van der Waals surface area contributed by atoms with Gasteiger partial charge in [-0.05, 0) is 77.2 Å². The van der Waals surface area contributed by atoms with Crippen LogP contribution in [-0.4, -0.2) is 38.6 Å². The predicted octanol–water partition coefficient (Wildman–Crippen LogP) is 4.88. The summed E-state index contributed by atoms with van der Waals surface area (Å²) in [5.41, 5.74) is 2.06. The molecule has 0 spiro atoms. The third kappa shape index (κ3) is 5.95. The number of benzene rings is 2. The summed E-state index contributed by atoms with van der Waals surface area (Å²) in [5.74, 6) is 0.232. The van der Waals surface area contributed by atoms with Crippen molar-refractivity contribution in [3.8, 4) is 5.75 Å². The highest BCUT2D eigenvalue weighted by Gasteiger charge is 2.29. The van der Waals surface area contributed by atoms with Crippen molar-refractivity contribution in [1.29, 1.82) is 0 Å². The Morgan fingerprint density at radius 3 is 2.69 bits per heavy atom. The van der Waals surface area contributed by atoms with Gasteiger partial charge in [0.1, 0.15) is 11.6 Å². The number of thiophene rings is 1. The molecular formula is C24H26FNO4S2. The molecule has 1 saturated heterocycles. The quantitative estimate of drug-likeness (QED) is 0.419. The summed E-state index contributed by atoms with van der Waals surface area (Å²) in [6, 6.07) is 14.5. The molecule has 3 aromatic rings. The van der Waals surface area contributed by atoms with Crippen LogP contribution in [0.3, 0.4) is 0 Å². The third-order valence-corrected chi connectivity index (χ3v) is 7.94. The Hall–Kier alpha value is -2.26. The second kappa shape index (κ2) is 10.6. The molecule has 1 atom stereocenters. The first kappa shape index (κ1) is 22.9. The van der Waals surface area contributed by atoms with Crippen molar-refractivity contribution in [2.24, 2.45) is 0 Å². The first-order chi connectivity index (χ1) is 15.5. The van der Waals surface area contributed by atoms with Crippen molar-refractivity contribution >= 4 is 21.4 Å². The van der Waals surface area contributed by atoms with Gasteiger partial charge in [0.15, 0.2) is 0 Å². The zero-order chi connectivity index (χ0) is 22.4. The monoisotopic (exact) mass is 475 g/mol. The van der Waals surface area contributed by atoms with Gasteiger partial charge >= 0.3 is 0 Å². The van der Waals surface area contributed by atoms with Gasteiger partial charge in [0.05, 0.1) is 17.6 Å². The van der Waals surface area contributed by atoms with E-state index in [2.05, 4.69) is 11.4 Å². The molecule has 1 aromatic heterocycles. The number of ether oxygens (including phenoxy) is 2. The number of halogens is 1. The SMILES string of the molecule is O=S(=O)(c1ccc(F)cc1)N(Cc1cccc(OCCc2ccsc2)c1)C[C@H]1CCCO1. The fraction of sp³-hybridized carbons (Fsp3) is 0.333. The van der Waals surface area contributed by atoms with Crippen molar-refractivity contribution in [2.75, 3.05) is 19.8 Å². The fourth-order valence-electron chi connectivity index (χ4n) is 3.68. The van der Waals surface area contributed by atoms with E-state index in [0.29, 0.717) is 19.0 Å². The third-order valence-electron chi connectivity index (χ3n) is 5.38. The van der Waals surface area contributed by atoms with Crippen molar-refractivity contribution in [3.63, 3.8) is 0 Å². The minimum atomic E-state index is -3.82. The van der Waals surface area contributed by atoms with E-state index in [1.54, 1.807) is 11.3 Å². The number of rotatable bonds is 10. The smallest absolute Gasteiger partial charge is 0.243 e. The van der Waals surface area contributed by atoms with Crippen molar-refractivity contribution in [1.82, 2.24) is 4.31 Å². The fourth-order valence-corrected chi connectivity index (χ4v) is 5.84. The highest BCUT2D eigenvalue weighted by Crippen LogP contribution is 2.24. The maximum Gasteiger partial charge on any atom is 0.243 e. The van der Waals surface area contributed by atoms with Gasteiger partial charge in [-0.1, -0.05) is 12.1 Å². The molecule has 0 amide bonds. The van der Waals surface area contributed by atoms with Gasteiger partial charge in [0.25, 0.3) is 0 Å². The van der Waals surface area contributed by atoms with Gasteiger partial charge in [-0.25, -0.2) is 12.8 Å². The lowest BCUT2D eigenvalue weighted by molar-refractivity contribution is 0.0926. The maximum absolute atomic E-state index is 13.3. The molecule has 0 N–H and O–H groups in total. The van der Waals surface area contributed by atoms with Crippen LogP contribution >= 0.6 is 11.3 Å². The molecular weight excluding hydrogens is 449 g/mol. The molecule has 1 aliphatic heterocycles. The average Bonchev–Trinajstić information content (AvgIpc) is 3.48. The molecule has 1 aliphatic rings. The molecule has 0 bridgehead atoms. The zero-order valence-corrected chi connectivity index (χ0v) is 19.3. The molecule has 0 unspecified atom stereocenters. The van der Waals surface area contributed by atoms with E-state index in [1.807, 2.05) is 29.6 Å². The Kier molecular flexibility index (Phi) is 7.57. The van der Waals surface area contributed by atoms with E-state index >= 15 is 0 Å². The largest absolute Gasteiger partial charge is 0.493 e. The molecule has 2 heterocycles. The van der Waals surface area contributed by atoms with Crippen LogP contribution in [0.1, 0.15) is 24.0 Å². The second-order valence-corrected chi connectivity index (χ2v) is 10.5. The predicted molar refractivity (Wildman–Crippen MR) is 123 cm³/mol. The second-order valence-electron chi connectivity index (χ2n) is 7.76. The average molecular weight is 476 g/mol. The highest BCUT2D eigenvalue weighted by atomic mass is 32.2. The summed E-state index contributed by atoms with van der Waals surface area (Å²) in [5, 5.41) is 4.14. The normalized spacial score (nSPS) is 16.5. The van der Waals surface area contributed by atoms with Crippen LogP contribution in [0, 0.1) is 5.82 Å². The van der Waals surface area contributed by atoms with Crippen LogP contribution in [-0.2, 0) is 27.7 Å². The zero-order valence-electron chi connectivity index (χ0n) is 17.7. The van der Waals surface area contributed by atoms with Gasteiger partial charge in [0, 0.05) is 26.1 Å². The van der Waals surface area contributed by atoms with Gasteiger partial charge in [-0.3, -0.25) is 0 Å². The lowest BCUT2D eigenvalue weighted by atomic mass is 10.2. The highest BCUT2D eigenvalue weighted by molar-refractivity contribution is 7.89. The van der Waals surface area contributed by atoms with E-state index in [1.165, 1.54) is 34.1 Å². The first-order valence-electron chi connectivity index (χ1n) is 10.6. The van der Waals surface area contributed by atoms with Gasteiger partial charge in [-0.2, -0.15) is 15.6 Å². The molecule has 8 heteroatoms. The minimum Gasteiger partial charge on any atom is -0.493 e. The molecule has 2 aromatic carbocycles. The molecule has 1 fully saturated rings. The number of hydrogen-bond acceptors (Lipinski definition) is 5. The minimum absolute atomic E-state index is 0.0695. The number of hydrogen-bond donors (Lipinski definition) is 0. The van der Waals surface area contributed by atoms with Crippen LogP contribution in [0.2, 0.25) is 0 Å². The Bertz CT molecular complexity index is 1100. The number of sulfonamides is 1. The van der Waals surface area contributed by atoms with Crippen LogP contribution in [0.25, 0.3) is 0 Å². The summed E-state index contributed by atoms with van der Waals surface area (Å²) >= 11 is 1.66. The van der Waals surface area contributed by atoms with Crippen molar-refractivity contribution in [2.45, 2.75) is 36.8 Å². The van der Waals surface area contributed by atoms with Crippen LogP contribution in [0.4, 0.5) is 4.39 Å². The van der Waals surface area contributed by atoms with Crippen molar-refractivity contribution < 1.29 is 22.3 Å². The van der Waals surface area contributed by atoms with Crippen LogP contribution < -0.4 is 4.74 Å². The molecule has 0 aliphatic carbocycles. The standard InChI is InChI=1S/C24H26FNO4S2/c25-21-6-8-24(9-7-21)32(27,28)26(17-23-5-2-12-29-23)16-20-3-1-4-22(15-20)30-13-10-19-11-14-31-18-19/h1,3-4,6-9,11,14-15,18,23H,2,5,10,12-13,16-17H2/t23-/m1/s1.